The summed E-state index contributed by atoms with van der Waals surface area (Å²) in [5, 5.41) is 11.0. The second kappa shape index (κ2) is 6.20. The number of benzene rings is 2. The lowest BCUT2D eigenvalue weighted by Crippen LogP contribution is -2.22. The van der Waals surface area contributed by atoms with Crippen LogP contribution in [-0.4, -0.2) is 9.67 Å². The highest BCUT2D eigenvalue weighted by molar-refractivity contribution is 6.31. The molecule has 3 rings (SSSR count). The maximum Gasteiger partial charge on any atom is 0.416 e. The molecule has 3 nitrogen and oxygen atoms in total. The number of aromatic nitrogens is 1. The fourth-order valence-corrected chi connectivity index (χ4v) is 3.04. The number of hydrogen-bond donors (Lipinski definition) is 1. The van der Waals surface area contributed by atoms with Gasteiger partial charge < -0.3 is 9.67 Å². The number of rotatable bonds is 2. The van der Waals surface area contributed by atoms with Crippen LogP contribution in [0.4, 0.5) is 13.2 Å². The van der Waals surface area contributed by atoms with Crippen LogP contribution >= 0.6 is 11.6 Å². The first-order valence-electron chi connectivity index (χ1n) is 7.33. The van der Waals surface area contributed by atoms with Gasteiger partial charge in [0.15, 0.2) is 0 Å². The molecule has 3 aromatic rings. The monoisotopic (exact) mass is 367 g/mol. The van der Waals surface area contributed by atoms with Gasteiger partial charge in [0.1, 0.15) is 0 Å². The highest BCUT2D eigenvalue weighted by Crippen LogP contribution is 2.35. The summed E-state index contributed by atoms with van der Waals surface area (Å²) >= 11 is 6.03. The van der Waals surface area contributed by atoms with Crippen molar-refractivity contribution in [2.24, 2.45) is 7.05 Å². The molecule has 0 unspecified atom stereocenters. The molecule has 7 heteroatoms. The van der Waals surface area contributed by atoms with Crippen LogP contribution in [0.25, 0.3) is 21.9 Å². The molecule has 1 aromatic heterocycles. The van der Waals surface area contributed by atoms with Gasteiger partial charge in [-0.3, -0.25) is 4.79 Å². The summed E-state index contributed by atoms with van der Waals surface area (Å²) in [7, 11) is 1.51. The second-order valence-corrected chi connectivity index (χ2v) is 6.05. The second-order valence-electron chi connectivity index (χ2n) is 5.61. The van der Waals surface area contributed by atoms with E-state index in [0.717, 1.165) is 12.1 Å². The van der Waals surface area contributed by atoms with Crippen molar-refractivity contribution in [1.82, 2.24) is 4.57 Å². The van der Waals surface area contributed by atoms with Crippen molar-refractivity contribution in [3.05, 3.63) is 69.1 Å². The predicted octanol–water partition coefficient (Wildman–Crippen LogP) is 4.37. The van der Waals surface area contributed by atoms with E-state index in [2.05, 4.69) is 0 Å². The summed E-state index contributed by atoms with van der Waals surface area (Å²) in [5.74, 6) is 0. The van der Waals surface area contributed by atoms with E-state index in [-0.39, 0.29) is 5.56 Å². The molecule has 0 saturated heterocycles. The smallest absolute Gasteiger partial charge is 0.390 e. The third-order valence-electron chi connectivity index (χ3n) is 4.13. The molecule has 0 aliphatic carbocycles. The Morgan fingerprint density at radius 1 is 1.08 bits per heavy atom. The quantitative estimate of drug-likeness (QED) is 0.730. The summed E-state index contributed by atoms with van der Waals surface area (Å²) in [4.78, 5) is 12.4. The minimum Gasteiger partial charge on any atom is -0.390 e. The molecule has 0 bridgehead atoms. The highest BCUT2D eigenvalue weighted by Gasteiger charge is 2.30. The summed E-state index contributed by atoms with van der Waals surface area (Å²) in [6, 6.07) is 9.29. The Bertz CT molecular complexity index is 1010. The van der Waals surface area contributed by atoms with Crippen LogP contribution < -0.4 is 5.56 Å². The van der Waals surface area contributed by atoms with Crippen LogP contribution in [0.1, 0.15) is 11.3 Å². The maximum absolute atomic E-state index is 12.8. The Labute approximate surface area is 145 Å². The van der Waals surface area contributed by atoms with Crippen molar-refractivity contribution in [2.45, 2.75) is 12.8 Å². The minimum atomic E-state index is -4.44. The summed E-state index contributed by atoms with van der Waals surface area (Å²) in [6.07, 6.45) is -4.44. The van der Waals surface area contributed by atoms with Crippen molar-refractivity contribution < 1.29 is 18.3 Å². The fourth-order valence-electron chi connectivity index (χ4n) is 2.87. The molecule has 0 saturated carbocycles. The van der Waals surface area contributed by atoms with Crippen LogP contribution in [0, 0.1) is 0 Å². The number of alkyl halides is 3. The highest BCUT2D eigenvalue weighted by atomic mass is 35.5. The van der Waals surface area contributed by atoms with Gasteiger partial charge in [-0.05, 0) is 41.3 Å². The maximum atomic E-state index is 12.8. The number of fused-ring (bicyclic) bond motifs is 1. The van der Waals surface area contributed by atoms with Gasteiger partial charge in [-0.2, -0.15) is 13.2 Å². The SMILES string of the molecule is Cn1c(CO)c(-c2ccc(C(F)(F)F)cc2)c2cc(Cl)ccc2c1=O. The fraction of sp³-hybridized carbons (Fsp3) is 0.167. The van der Waals surface area contributed by atoms with Crippen molar-refractivity contribution >= 4 is 22.4 Å². The van der Waals surface area contributed by atoms with E-state index in [0.29, 0.717) is 32.6 Å². The van der Waals surface area contributed by atoms with Gasteiger partial charge in [-0.1, -0.05) is 23.7 Å². The van der Waals surface area contributed by atoms with Gasteiger partial charge in [0.2, 0.25) is 0 Å². The number of halogens is 4. The molecular formula is C18H13ClF3NO2. The van der Waals surface area contributed by atoms with Gasteiger partial charge in [0, 0.05) is 23.0 Å². The Morgan fingerprint density at radius 2 is 1.72 bits per heavy atom. The number of hydrogen-bond acceptors (Lipinski definition) is 2. The Kier molecular flexibility index (Phi) is 4.34. The van der Waals surface area contributed by atoms with Crippen molar-refractivity contribution in [2.75, 3.05) is 0 Å². The number of pyridine rings is 1. The lowest BCUT2D eigenvalue weighted by molar-refractivity contribution is -0.137. The lowest BCUT2D eigenvalue weighted by Gasteiger charge is -2.17. The lowest BCUT2D eigenvalue weighted by atomic mass is 9.96. The van der Waals surface area contributed by atoms with Crippen LogP contribution in [0.5, 0.6) is 0 Å². The minimum absolute atomic E-state index is 0.305. The third-order valence-corrected chi connectivity index (χ3v) is 4.37. The Morgan fingerprint density at radius 3 is 2.28 bits per heavy atom. The van der Waals surface area contributed by atoms with E-state index in [9.17, 15) is 23.1 Å². The molecule has 0 amide bonds. The molecule has 0 radical (unpaired) electrons. The Balaban J connectivity index is 2.36. The van der Waals surface area contributed by atoms with E-state index in [1.165, 1.54) is 23.7 Å². The first-order valence-corrected chi connectivity index (χ1v) is 7.71. The largest absolute Gasteiger partial charge is 0.416 e. The standard InChI is InChI=1S/C18H13ClF3NO2/c1-23-15(9-24)16(10-2-4-11(5-3-10)18(20,21)22)14-8-12(19)6-7-13(14)17(23)25/h2-8,24H,9H2,1H3. The van der Waals surface area contributed by atoms with Gasteiger partial charge in [-0.25, -0.2) is 0 Å². The van der Waals surface area contributed by atoms with Crippen LogP contribution in [0.15, 0.2) is 47.3 Å². The van der Waals surface area contributed by atoms with E-state index >= 15 is 0 Å². The summed E-state index contributed by atoms with van der Waals surface area (Å²) < 4.78 is 39.7. The zero-order chi connectivity index (χ0) is 18.4. The molecule has 0 aliphatic rings. The number of aliphatic hydroxyl groups is 1. The van der Waals surface area contributed by atoms with E-state index in [1.807, 2.05) is 0 Å². The molecule has 1 N–H and O–H groups in total. The molecule has 0 spiro atoms. The van der Waals surface area contributed by atoms with Crippen LogP contribution in [0.2, 0.25) is 5.02 Å². The first-order chi connectivity index (χ1) is 11.7. The molecule has 25 heavy (non-hydrogen) atoms. The van der Waals surface area contributed by atoms with E-state index < -0.39 is 18.3 Å². The van der Waals surface area contributed by atoms with Crippen molar-refractivity contribution in [1.29, 1.82) is 0 Å². The van der Waals surface area contributed by atoms with E-state index in [1.54, 1.807) is 18.2 Å². The Hall–Kier alpha value is -2.31. The normalized spacial score (nSPS) is 11.9. The average molecular weight is 368 g/mol. The molecular weight excluding hydrogens is 355 g/mol. The number of aliphatic hydroxyl groups excluding tert-OH is 1. The molecule has 0 aliphatic heterocycles. The summed E-state index contributed by atoms with van der Waals surface area (Å²) in [5.41, 5.74) is 0.163. The molecule has 0 atom stereocenters. The van der Waals surface area contributed by atoms with Gasteiger partial charge in [-0.15, -0.1) is 0 Å². The predicted molar refractivity (Wildman–Crippen MR) is 90.6 cm³/mol. The topological polar surface area (TPSA) is 42.2 Å². The van der Waals surface area contributed by atoms with E-state index in [4.69, 9.17) is 11.6 Å². The van der Waals surface area contributed by atoms with Crippen LogP contribution in [0.3, 0.4) is 0 Å². The third kappa shape index (κ3) is 3.03. The van der Waals surface area contributed by atoms with Gasteiger partial charge in [0.05, 0.1) is 17.9 Å². The zero-order valence-electron chi connectivity index (χ0n) is 13.1. The van der Waals surface area contributed by atoms with Crippen molar-refractivity contribution in [3.8, 4) is 11.1 Å². The molecule has 0 fully saturated rings. The van der Waals surface area contributed by atoms with Gasteiger partial charge >= 0.3 is 6.18 Å². The number of nitrogens with zero attached hydrogens (tertiary/aromatic N) is 1. The molecule has 2 aromatic carbocycles. The average Bonchev–Trinajstić information content (AvgIpc) is 2.57. The van der Waals surface area contributed by atoms with Crippen molar-refractivity contribution in [3.63, 3.8) is 0 Å². The first kappa shape index (κ1) is 17.5. The zero-order valence-corrected chi connectivity index (χ0v) is 13.8. The molecule has 1 heterocycles. The molecule has 130 valence electrons. The summed E-state index contributed by atoms with van der Waals surface area (Å²) in [6.45, 7) is -0.440. The van der Waals surface area contributed by atoms with Crippen LogP contribution in [-0.2, 0) is 19.8 Å². The van der Waals surface area contributed by atoms with Gasteiger partial charge in [0.25, 0.3) is 5.56 Å².